The van der Waals surface area contributed by atoms with Crippen LogP contribution in [0.5, 0.6) is 0 Å². The molecule has 0 saturated carbocycles. The van der Waals surface area contributed by atoms with E-state index in [4.69, 9.17) is 25.0 Å². The summed E-state index contributed by atoms with van der Waals surface area (Å²) in [5, 5.41) is 21.3. The fraction of sp³-hybridized carbons (Fsp3) is 0.545. The van der Waals surface area contributed by atoms with Crippen molar-refractivity contribution in [2.75, 3.05) is 19.5 Å². The number of nitrogen functional groups attached to an aromatic ring is 1. The SMILES string of the molecule is CO[C@@]1(O)[C@H](O)[C@@H](COP(=O)(O)OP(=O)(O)OP(=O)(O)O)O[C@H]1n1cnc2c(N)ncnc21. The van der Waals surface area contributed by atoms with E-state index in [-0.39, 0.29) is 17.0 Å². The van der Waals surface area contributed by atoms with E-state index < -0.39 is 54.3 Å². The van der Waals surface area contributed by atoms with Crippen molar-refractivity contribution in [2.24, 2.45) is 0 Å². The molecule has 8 N–H and O–H groups in total. The average Bonchev–Trinajstić information content (AvgIpc) is 3.18. The first kappa shape index (κ1) is 26.2. The normalized spacial score (nSPS) is 29.7. The number of methoxy groups -OCH3 is 1. The number of aliphatic hydroxyl groups excluding tert-OH is 1. The molecule has 2 aromatic heterocycles. The Labute approximate surface area is 183 Å². The second-order valence-electron chi connectivity index (χ2n) is 6.40. The number of rotatable bonds is 9. The largest absolute Gasteiger partial charge is 0.490 e. The zero-order valence-electron chi connectivity index (χ0n) is 16.3. The van der Waals surface area contributed by atoms with Gasteiger partial charge in [-0.2, -0.15) is 8.62 Å². The number of nitrogens with zero attached hydrogens (tertiary/aromatic N) is 4. The van der Waals surface area contributed by atoms with Gasteiger partial charge >= 0.3 is 23.5 Å². The molecule has 0 bridgehead atoms. The van der Waals surface area contributed by atoms with E-state index >= 15 is 0 Å². The molecular formula is C11H18N5O14P3. The summed E-state index contributed by atoms with van der Waals surface area (Å²) in [5.74, 6) is -2.47. The van der Waals surface area contributed by atoms with E-state index in [2.05, 4.69) is 28.1 Å². The molecule has 3 rings (SSSR count). The number of imidazole rings is 1. The lowest BCUT2D eigenvalue weighted by atomic mass is 10.1. The Bertz CT molecular complexity index is 1170. The Kier molecular flexibility index (Phi) is 7.14. The average molecular weight is 537 g/mol. The van der Waals surface area contributed by atoms with Gasteiger partial charge in [0.2, 0.25) is 5.79 Å². The number of hydrogen-bond donors (Lipinski definition) is 7. The minimum Gasteiger partial charge on any atom is -0.384 e. The summed E-state index contributed by atoms with van der Waals surface area (Å²) in [6.07, 6.45) is -2.86. The number of aromatic nitrogens is 4. The maximum absolute atomic E-state index is 11.9. The van der Waals surface area contributed by atoms with Gasteiger partial charge in [0.1, 0.15) is 24.1 Å². The summed E-state index contributed by atoms with van der Waals surface area (Å²) in [5.41, 5.74) is 5.90. The summed E-state index contributed by atoms with van der Waals surface area (Å²) in [7, 11) is -15.8. The molecule has 6 atom stereocenters. The van der Waals surface area contributed by atoms with E-state index in [0.717, 1.165) is 24.3 Å². The Morgan fingerprint density at radius 1 is 1.15 bits per heavy atom. The lowest BCUT2D eigenvalue weighted by Gasteiger charge is -2.29. The molecule has 2 unspecified atom stereocenters. The molecule has 1 aliphatic rings. The van der Waals surface area contributed by atoms with Crippen LogP contribution in [0.1, 0.15) is 6.23 Å². The number of aliphatic hydroxyl groups is 2. The van der Waals surface area contributed by atoms with Crippen molar-refractivity contribution in [1.29, 1.82) is 0 Å². The molecule has 19 nitrogen and oxygen atoms in total. The topological polar surface area (TPSA) is 288 Å². The fourth-order valence-electron chi connectivity index (χ4n) is 2.88. The van der Waals surface area contributed by atoms with E-state index in [9.17, 15) is 33.7 Å². The molecule has 186 valence electrons. The van der Waals surface area contributed by atoms with Crippen LogP contribution >= 0.6 is 23.5 Å². The predicted octanol–water partition coefficient (Wildman–Crippen LogP) is -1.65. The highest BCUT2D eigenvalue weighted by atomic mass is 31.3. The Hall–Kier alpha value is -1.40. The van der Waals surface area contributed by atoms with Crippen LogP contribution < -0.4 is 5.73 Å². The van der Waals surface area contributed by atoms with E-state index in [1.54, 1.807) is 0 Å². The first-order chi connectivity index (χ1) is 15.1. The molecule has 0 radical (unpaired) electrons. The van der Waals surface area contributed by atoms with Gasteiger partial charge in [0.15, 0.2) is 17.7 Å². The second-order valence-corrected chi connectivity index (χ2v) is 10.8. The van der Waals surface area contributed by atoms with Crippen molar-refractivity contribution in [3.63, 3.8) is 0 Å². The monoisotopic (exact) mass is 537 g/mol. The molecule has 2 aromatic rings. The van der Waals surface area contributed by atoms with E-state index in [1.807, 2.05) is 0 Å². The van der Waals surface area contributed by atoms with Gasteiger partial charge in [-0.3, -0.25) is 9.09 Å². The Morgan fingerprint density at radius 3 is 2.42 bits per heavy atom. The van der Waals surface area contributed by atoms with Crippen LogP contribution in [0.4, 0.5) is 5.82 Å². The first-order valence-electron chi connectivity index (χ1n) is 8.41. The molecule has 1 aliphatic heterocycles. The minimum atomic E-state index is -5.74. The van der Waals surface area contributed by atoms with E-state index in [0.29, 0.717) is 0 Å². The number of ether oxygens (including phenoxy) is 2. The molecule has 22 heteroatoms. The van der Waals surface area contributed by atoms with Crippen molar-refractivity contribution in [2.45, 2.75) is 24.2 Å². The highest BCUT2D eigenvalue weighted by Crippen LogP contribution is 2.66. The number of anilines is 1. The van der Waals surface area contributed by atoms with Gasteiger partial charge in [-0.1, -0.05) is 0 Å². The molecular weight excluding hydrogens is 519 g/mol. The third kappa shape index (κ3) is 5.64. The van der Waals surface area contributed by atoms with Gasteiger partial charge in [-0.25, -0.2) is 28.6 Å². The molecule has 0 aliphatic carbocycles. The maximum atomic E-state index is 11.9. The zero-order chi connectivity index (χ0) is 24.8. The van der Waals surface area contributed by atoms with Crippen LogP contribution in [-0.2, 0) is 36.3 Å². The smallest absolute Gasteiger partial charge is 0.384 e. The van der Waals surface area contributed by atoms with Crippen LogP contribution in [0.2, 0.25) is 0 Å². The number of phosphoric ester groups is 1. The summed E-state index contributed by atoms with van der Waals surface area (Å²) >= 11 is 0. The van der Waals surface area contributed by atoms with E-state index in [1.165, 1.54) is 0 Å². The molecule has 0 amide bonds. The molecule has 1 fully saturated rings. The first-order valence-corrected chi connectivity index (χ1v) is 12.9. The van der Waals surface area contributed by atoms with Crippen molar-refractivity contribution < 1.29 is 66.1 Å². The minimum absolute atomic E-state index is 0.00228. The summed E-state index contributed by atoms with van der Waals surface area (Å²) in [6.45, 7) is -1.04. The number of phosphoric acid groups is 3. The van der Waals surface area contributed by atoms with Gasteiger partial charge < -0.3 is 45.0 Å². The molecule has 1 saturated heterocycles. The molecule has 0 aromatic carbocycles. The highest BCUT2D eigenvalue weighted by molar-refractivity contribution is 7.66. The fourth-order valence-corrected chi connectivity index (χ4v) is 5.91. The lowest BCUT2D eigenvalue weighted by Crippen LogP contribution is -2.48. The molecule has 33 heavy (non-hydrogen) atoms. The van der Waals surface area contributed by atoms with Crippen molar-refractivity contribution in [1.82, 2.24) is 19.5 Å². The maximum Gasteiger partial charge on any atom is 0.490 e. The van der Waals surface area contributed by atoms with Crippen LogP contribution in [0.3, 0.4) is 0 Å². The summed E-state index contributed by atoms with van der Waals surface area (Å²) in [6, 6.07) is 0. The van der Waals surface area contributed by atoms with Crippen LogP contribution in [0.15, 0.2) is 12.7 Å². The van der Waals surface area contributed by atoms with Crippen LogP contribution in [-0.4, -0.2) is 81.0 Å². The second kappa shape index (κ2) is 8.99. The standard InChI is InChI=1S/C11H18N5O14P3/c1-26-11(18)7(17)5(2-27-32(22,23)30-33(24,25)29-31(19,20)21)28-10(11)16-4-15-6-8(12)13-3-14-9(6)16/h3-5,7,10,17-18H,2H2,1H3,(H,22,23)(H,24,25)(H2,12,13,14)(H2,19,20,21)/t5-,7-,10-,11+/m1/s1. The van der Waals surface area contributed by atoms with Crippen LogP contribution in [0, 0.1) is 0 Å². The van der Waals surface area contributed by atoms with Gasteiger partial charge in [0.25, 0.3) is 0 Å². The summed E-state index contributed by atoms with van der Waals surface area (Å²) < 4.78 is 57.2. The quantitative estimate of drug-likeness (QED) is 0.139. The lowest BCUT2D eigenvalue weighted by molar-refractivity contribution is -0.264. The number of fused-ring (bicyclic) bond motifs is 1. The number of hydrogen-bond acceptors (Lipinski definition) is 14. The van der Waals surface area contributed by atoms with Crippen LogP contribution in [0.25, 0.3) is 11.2 Å². The van der Waals surface area contributed by atoms with Gasteiger partial charge in [0.05, 0.1) is 12.9 Å². The van der Waals surface area contributed by atoms with Gasteiger partial charge in [-0.05, 0) is 0 Å². The number of nitrogens with two attached hydrogens (primary N) is 1. The van der Waals surface area contributed by atoms with Crippen molar-refractivity contribution >= 4 is 40.4 Å². The summed E-state index contributed by atoms with van der Waals surface area (Å²) in [4.78, 5) is 47.5. The van der Waals surface area contributed by atoms with Crippen molar-refractivity contribution in [3.05, 3.63) is 12.7 Å². The molecule has 0 spiro atoms. The third-order valence-corrected chi connectivity index (χ3v) is 8.02. The zero-order valence-corrected chi connectivity index (χ0v) is 18.9. The third-order valence-electron chi connectivity index (χ3n) is 4.22. The van der Waals surface area contributed by atoms with Gasteiger partial charge in [-0.15, -0.1) is 0 Å². The Morgan fingerprint density at radius 2 is 1.82 bits per heavy atom. The predicted molar refractivity (Wildman–Crippen MR) is 101 cm³/mol. The van der Waals surface area contributed by atoms with Crippen molar-refractivity contribution in [3.8, 4) is 0 Å². The van der Waals surface area contributed by atoms with Gasteiger partial charge in [0, 0.05) is 7.11 Å². The molecule has 3 heterocycles. The Balaban J connectivity index is 1.78. The highest BCUT2D eigenvalue weighted by Gasteiger charge is 2.58.